The highest BCUT2D eigenvalue weighted by Gasteiger charge is 1.99. The minimum Gasteiger partial charge on any atom is -0.482 e. The molecule has 0 aliphatic rings. The molecule has 0 bridgehead atoms. The maximum atomic E-state index is 10.3. The third kappa shape index (κ3) is 4.23. The zero-order valence-electron chi connectivity index (χ0n) is 10.1. The van der Waals surface area contributed by atoms with Gasteiger partial charge >= 0.3 is 5.97 Å². The van der Waals surface area contributed by atoms with Crippen LogP contribution in [0.3, 0.4) is 0 Å². The topological polar surface area (TPSA) is 71.2 Å². The Morgan fingerprint density at radius 2 is 1.53 bits per heavy atom. The van der Waals surface area contributed by atoms with Crippen molar-refractivity contribution in [2.45, 2.75) is 0 Å². The van der Waals surface area contributed by atoms with Crippen molar-refractivity contribution in [1.29, 1.82) is 0 Å². The summed E-state index contributed by atoms with van der Waals surface area (Å²) in [5.41, 5.74) is 1.44. The molecular weight excluding hydrogens is 244 g/mol. The molecular formula is C14H12N2O3. The van der Waals surface area contributed by atoms with E-state index in [-0.39, 0.29) is 6.61 Å². The van der Waals surface area contributed by atoms with E-state index in [0.717, 1.165) is 5.69 Å². The average molecular weight is 256 g/mol. The van der Waals surface area contributed by atoms with Gasteiger partial charge in [-0.05, 0) is 36.4 Å². The number of rotatable bonds is 5. The van der Waals surface area contributed by atoms with Gasteiger partial charge in [0.15, 0.2) is 6.61 Å². The van der Waals surface area contributed by atoms with Crippen LogP contribution in [0.4, 0.5) is 11.4 Å². The van der Waals surface area contributed by atoms with Gasteiger partial charge in [-0.3, -0.25) is 0 Å². The minimum atomic E-state index is -1.01. The molecule has 2 aromatic rings. The lowest BCUT2D eigenvalue weighted by molar-refractivity contribution is -0.139. The molecule has 0 heterocycles. The number of aliphatic carboxylic acids is 1. The summed E-state index contributed by atoms with van der Waals surface area (Å²) >= 11 is 0. The van der Waals surface area contributed by atoms with E-state index in [4.69, 9.17) is 9.84 Å². The summed E-state index contributed by atoms with van der Waals surface area (Å²) in [7, 11) is 0. The lowest BCUT2D eigenvalue weighted by atomic mass is 10.3. The van der Waals surface area contributed by atoms with E-state index in [1.54, 1.807) is 24.3 Å². The van der Waals surface area contributed by atoms with E-state index in [0.29, 0.717) is 11.4 Å². The monoisotopic (exact) mass is 256 g/mol. The molecule has 2 aromatic carbocycles. The van der Waals surface area contributed by atoms with Crippen LogP contribution in [0.5, 0.6) is 5.75 Å². The molecule has 0 spiro atoms. The summed E-state index contributed by atoms with van der Waals surface area (Å²) in [6, 6.07) is 16.1. The van der Waals surface area contributed by atoms with Gasteiger partial charge in [0, 0.05) is 0 Å². The first-order valence-electron chi connectivity index (χ1n) is 5.65. The molecule has 0 unspecified atom stereocenters. The molecule has 0 aliphatic carbocycles. The molecule has 0 saturated heterocycles. The first-order valence-corrected chi connectivity index (χ1v) is 5.65. The van der Waals surface area contributed by atoms with Crippen molar-refractivity contribution >= 4 is 17.3 Å². The van der Waals surface area contributed by atoms with Gasteiger partial charge in [0.1, 0.15) is 5.75 Å². The SMILES string of the molecule is O=C(O)COc1ccc(/N=N/c2ccccc2)cc1. The van der Waals surface area contributed by atoms with Gasteiger partial charge in [-0.15, -0.1) is 0 Å². The highest BCUT2D eigenvalue weighted by Crippen LogP contribution is 2.20. The van der Waals surface area contributed by atoms with Crippen molar-refractivity contribution in [3.63, 3.8) is 0 Å². The number of hydrogen-bond donors (Lipinski definition) is 1. The molecule has 0 fully saturated rings. The second-order valence-electron chi connectivity index (χ2n) is 3.71. The lowest BCUT2D eigenvalue weighted by Crippen LogP contribution is -2.09. The Morgan fingerprint density at radius 3 is 2.11 bits per heavy atom. The zero-order chi connectivity index (χ0) is 13.5. The Labute approximate surface area is 110 Å². The smallest absolute Gasteiger partial charge is 0.341 e. The highest BCUT2D eigenvalue weighted by molar-refractivity contribution is 5.68. The second-order valence-corrected chi connectivity index (χ2v) is 3.71. The third-order valence-electron chi connectivity index (χ3n) is 2.24. The van der Waals surface area contributed by atoms with E-state index < -0.39 is 5.97 Å². The summed E-state index contributed by atoms with van der Waals surface area (Å²) in [5.74, 6) is -0.520. The van der Waals surface area contributed by atoms with Crippen LogP contribution in [0.15, 0.2) is 64.8 Å². The molecule has 1 N–H and O–H groups in total. The molecule has 19 heavy (non-hydrogen) atoms. The van der Waals surface area contributed by atoms with Gasteiger partial charge in [-0.25, -0.2) is 4.79 Å². The molecule has 2 rings (SSSR count). The number of carbonyl (C=O) groups is 1. The van der Waals surface area contributed by atoms with E-state index in [2.05, 4.69) is 10.2 Å². The van der Waals surface area contributed by atoms with E-state index in [1.165, 1.54) is 0 Å². The quantitative estimate of drug-likeness (QED) is 0.831. The number of azo groups is 1. The molecule has 0 amide bonds. The van der Waals surface area contributed by atoms with Crippen molar-refractivity contribution in [2.75, 3.05) is 6.61 Å². The largest absolute Gasteiger partial charge is 0.482 e. The highest BCUT2D eigenvalue weighted by atomic mass is 16.5. The fourth-order valence-electron chi connectivity index (χ4n) is 1.36. The second kappa shape index (κ2) is 6.30. The van der Waals surface area contributed by atoms with Gasteiger partial charge in [-0.2, -0.15) is 10.2 Å². The van der Waals surface area contributed by atoms with Crippen LogP contribution in [-0.2, 0) is 4.79 Å². The number of ether oxygens (including phenoxy) is 1. The first-order chi connectivity index (χ1) is 9.24. The molecule has 0 aliphatic heterocycles. The summed E-state index contributed by atoms with van der Waals surface area (Å²) in [6.07, 6.45) is 0. The summed E-state index contributed by atoms with van der Waals surface area (Å²) < 4.78 is 5.01. The lowest BCUT2D eigenvalue weighted by Gasteiger charge is -2.02. The molecule has 0 saturated carbocycles. The molecule has 5 nitrogen and oxygen atoms in total. The zero-order valence-corrected chi connectivity index (χ0v) is 10.1. The van der Waals surface area contributed by atoms with Gasteiger partial charge in [0.05, 0.1) is 11.4 Å². The van der Waals surface area contributed by atoms with E-state index >= 15 is 0 Å². The van der Waals surface area contributed by atoms with Crippen LogP contribution >= 0.6 is 0 Å². The van der Waals surface area contributed by atoms with Crippen LogP contribution in [-0.4, -0.2) is 17.7 Å². The molecule has 0 radical (unpaired) electrons. The van der Waals surface area contributed by atoms with Crippen molar-refractivity contribution in [3.8, 4) is 5.75 Å². The summed E-state index contributed by atoms with van der Waals surface area (Å²) in [5, 5.41) is 16.6. The Bertz CT molecular complexity index is 565. The molecule has 96 valence electrons. The maximum Gasteiger partial charge on any atom is 0.341 e. The standard InChI is InChI=1S/C14H12N2O3/c17-14(18)10-19-13-8-6-12(7-9-13)16-15-11-4-2-1-3-5-11/h1-9H,10H2,(H,17,18)/b16-15+. The number of carboxylic acids is 1. The van der Waals surface area contributed by atoms with Gasteiger partial charge in [-0.1, -0.05) is 18.2 Å². The molecule has 0 atom stereocenters. The predicted molar refractivity (Wildman–Crippen MR) is 70.2 cm³/mol. The van der Waals surface area contributed by atoms with Crippen molar-refractivity contribution in [2.24, 2.45) is 10.2 Å². The minimum absolute atomic E-state index is 0.356. The van der Waals surface area contributed by atoms with Crippen LogP contribution in [0, 0.1) is 0 Å². The predicted octanol–water partition coefficient (Wildman–Crippen LogP) is 3.57. The maximum absolute atomic E-state index is 10.3. The van der Waals surface area contributed by atoms with Gasteiger partial charge in [0.2, 0.25) is 0 Å². The normalized spacial score (nSPS) is 10.5. The Kier molecular flexibility index (Phi) is 4.23. The Morgan fingerprint density at radius 1 is 0.947 bits per heavy atom. The molecule has 0 aromatic heterocycles. The van der Waals surface area contributed by atoms with Crippen molar-refractivity contribution in [1.82, 2.24) is 0 Å². The van der Waals surface area contributed by atoms with Gasteiger partial charge < -0.3 is 9.84 Å². The van der Waals surface area contributed by atoms with Crippen LogP contribution in [0.25, 0.3) is 0 Å². The Balaban J connectivity index is 1.99. The first kappa shape index (κ1) is 12.8. The van der Waals surface area contributed by atoms with Gasteiger partial charge in [0.25, 0.3) is 0 Å². The van der Waals surface area contributed by atoms with Crippen LogP contribution in [0.2, 0.25) is 0 Å². The number of nitrogens with zero attached hydrogens (tertiary/aromatic N) is 2. The van der Waals surface area contributed by atoms with E-state index in [9.17, 15) is 4.79 Å². The molecule has 5 heteroatoms. The fraction of sp³-hybridized carbons (Fsp3) is 0.0714. The third-order valence-corrected chi connectivity index (χ3v) is 2.24. The Hall–Kier alpha value is -2.69. The van der Waals surface area contributed by atoms with Crippen molar-refractivity contribution < 1.29 is 14.6 Å². The van der Waals surface area contributed by atoms with Crippen molar-refractivity contribution in [3.05, 3.63) is 54.6 Å². The number of hydrogen-bond acceptors (Lipinski definition) is 4. The fourth-order valence-corrected chi connectivity index (χ4v) is 1.36. The van der Waals surface area contributed by atoms with E-state index in [1.807, 2.05) is 30.3 Å². The van der Waals surface area contributed by atoms with Crippen LogP contribution < -0.4 is 4.74 Å². The van der Waals surface area contributed by atoms with Crippen LogP contribution in [0.1, 0.15) is 0 Å². The number of carboxylic acid groups (broad SMARTS) is 1. The summed E-state index contributed by atoms with van der Waals surface area (Å²) in [4.78, 5) is 10.3. The number of benzene rings is 2. The average Bonchev–Trinajstić information content (AvgIpc) is 2.45. The summed E-state index contributed by atoms with van der Waals surface area (Å²) in [6.45, 7) is -0.356.